The molecule has 4 nitrogen and oxygen atoms in total. The molecule has 0 aliphatic carbocycles. The van der Waals surface area contributed by atoms with Gasteiger partial charge in [0.25, 0.3) is 0 Å². The summed E-state index contributed by atoms with van der Waals surface area (Å²) in [4.78, 5) is 4.90. The Bertz CT molecular complexity index is 509. The SMILES string of the molecule is Clc1ccc(CN2CCCO[C@@H](CN3CCOCC3)C2)cc1Cl. The summed E-state index contributed by atoms with van der Waals surface area (Å²) in [6.45, 7) is 8.41. The molecule has 6 heteroatoms. The summed E-state index contributed by atoms with van der Waals surface area (Å²) in [7, 11) is 0. The van der Waals surface area contributed by atoms with E-state index in [4.69, 9.17) is 32.7 Å². The Labute approximate surface area is 148 Å². The molecule has 2 saturated heterocycles. The Hall–Kier alpha value is -0.360. The van der Waals surface area contributed by atoms with Crippen LogP contribution in [0.3, 0.4) is 0 Å². The lowest BCUT2D eigenvalue weighted by Crippen LogP contribution is -2.44. The lowest BCUT2D eigenvalue weighted by Gasteiger charge is -2.31. The van der Waals surface area contributed by atoms with Crippen molar-refractivity contribution in [3.8, 4) is 0 Å². The van der Waals surface area contributed by atoms with E-state index in [2.05, 4.69) is 15.9 Å². The molecule has 0 radical (unpaired) electrons. The Balaban J connectivity index is 1.56. The molecule has 1 aromatic rings. The molecule has 3 rings (SSSR count). The molecule has 2 heterocycles. The molecule has 0 saturated carbocycles. The van der Waals surface area contributed by atoms with Gasteiger partial charge in [0.05, 0.1) is 29.4 Å². The first kappa shape index (κ1) is 17.5. The smallest absolute Gasteiger partial charge is 0.0828 e. The second-order valence-corrected chi connectivity index (χ2v) is 7.06. The summed E-state index contributed by atoms with van der Waals surface area (Å²) >= 11 is 12.1. The number of rotatable bonds is 4. The number of halogens is 2. The third-order valence-electron chi connectivity index (χ3n) is 4.39. The lowest BCUT2D eigenvalue weighted by molar-refractivity contribution is -0.0122. The van der Waals surface area contributed by atoms with E-state index in [9.17, 15) is 0 Å². The third-order valence-corrected chi connectivity index (χ3v) is 5.13. The maximum atomic E-state index is 6.13. The van der Waals surface area contributed by atoms with E-state index in [-0.39, 0.29) is 6.10 Å². The summed E-state index contributed by atoms with van der Waals surface area (Å²) in [5, 5.41) is 1.24. The maximum absolute atomic E-state index is 6.13. The topological polar surface area (TPSA) is 24.9 Å². The molecule has 0 spiro atoms. The van der Waals surface area contributed by atoms with Gasteiger partial charge in [0.1, 0.15) is 0 Å². The highest BCUT2D eigenvalue weighted by Gasteiger charge is 2.22. The number of benzene rings is 1. The van der Waals surface area contributed by atoms with Gasteiger partial charge in [0.2, 0.25) is 0 Å². The monoisotopic (exact) mass is 358 g/mol. The predicted octanol–water partition coefficient (Wildman–Crippen LogP) is 2.92. The zero-order chi connectivity index (χ0) is 16.1. The predicted molar refractivity (Wildman–Crippen MR) is 93.4 cm³/mol. The van der Waals surface area contributed by atoms with E-state index in [1.165, 1.54) is 5.56 Å². The molecule has 2 aliphatic heterocycles. The highest BCUT2D eigenvalue weighted by molar-refractivity contribution is 6.42. The fourth-order valence-corrected chi connectivity index (χ4v) is 3.51. The van der Waals surface area contributed by atoms with Crippen molar-refractivity contribution in [2.24, 2.45) is 0 Å². The van der Waals surface area contributed by atoms with Crippen molar-refractivity contribution >= 4 is 23.2 Å². The minimum Gasteiger partial charge on any atom is -0.379 e. The number of morpholine rings is 1. The molecular formula is C17H24Cl2N2O2. The third kappa shape index (κ3) is 5.31. The Morgan fingerprint density at radius 1 is 1.00 bits per heavy atom. The van der Waals surface area contributed by atoms with E-state index < -0.39 is 0 Å². The van der Waals surface area contributed by atoms with Gasteiger partial charge in [-0.2, -0.15) is 0 Å². The van der Waals surface area contributed by atoms with Gasteiger partial charge in [-0.1, -0.05) is 29.3 Å². The molecule has 2 aliphatic rings. The van der Waals surface area contributed by atoms with Gasteiger partial charge < -0.3 is 9.47 Å². The van der Waals surface area contributed by atoms with Crippen molar-refractivity contribution in [1.82, 2.24) is 9.80 Å². The number of nitrogens with zero attached hydrogens (tertiary/aromatic N) is 2. The molecule has 0 N–H and O–H groups in total. The molecule has 23 heavy (non-hydrogen) atoms. The van der Waals surface area contributed by atoms with E-state index in [1.807, 2.05) is 12.1 Å². The van der Waals surface area contributed by atoms with Gasteiger partial charge in [0, 0.05) is 45.9 Å². The normalized spacial score (nSPS) is 24.5. The number of ether oxygens (including phenoxy) is 2. The maximum Gasteiger partial charge on any atom is 0.0828 e. The first-order chi connectivity index (χ1) is 11.2. The van der Waals surface area contributed by atoms with E-state index in [1.54, 1.807) is 0 Å². The lowest BCUT2D eigenvalue weighted by atomic mass is 10.2. The number of hydrogen-bond acceptors (Lipinski definition) is 4. The van der Waals surface area contributed by atoms with Crippen LogP contribution in [-0.4, -0.2) is 68.4 Å². The summed E-state index contributed by atoms with van der Waals surface area (Å²) < 4.78 is 11.5. The van der Waals surface area contributed by atoms with Gasteiger partial charge in [-0.3, -0.25) is 9.80 Å². The van der Waals surface area contributed by atoms with Crippen LogP contribution in [-0.2, 0) is 16.0 Å². The Morgan fingerprint density at radius 2 is 1.83 bits per heavy atom. The zero-order valence-corrected chi connectivity index (χ0v) is 14.9. The van der Waals surface area contributed by atoms with E-state index >= 15 is 0 Å². The summed E-state index contributed by atoms with van der Waals surface area (Å²) in [6.07, 6.45) is 1.33. The van der Waals surface area contributed by atoms with Gasteiger partial charge >= 0.3 is 0 Å². The van der Waals surface area contributed by atoms with Crippen LogP contribution in [0.15, 0.2) is 18.2 Å². The van der Waals surface area contributed by atoms with Crippen molar-refractivity contribution in [2.45, 2.75) is 19.1 Å². The standard InChI is InChI=1S/C17H24Cl2N2O2/c18-16-3-2-14(10-17(16)19)11-21-4-1-7-23-15(13-21)12-20-5-8-22-9-6-20/h2-3,10,15H,1,4-9,11-13H2/t15-/m0/s1. The van der Waals surface area contributed by atoms with Gasteiger partial charge in [0.15, 0.2) is 0 Å². The average molecular weight is 359 g/mol. The van der Waals surface area contributed by atoms with Gasteiger partial charge in [-0.05, 0) is 24.1 Å². The van der Waals surface area contributed by atoms with Gasteiger partial charge in [-0.15, -0.1) is 0 Å². The summed E-state index contributed by atoms with van der Waals surface area (Å²) in [5.41, 5.74) is 1.20. The molecule has 0 bridgehead atoms. The van der Waals surface area contributed by atoms with Crippen molar-refractivity contribution in [3.05, 3.63) is 33.8 Å². The van der Waals surface area contributed by atoms with Crippen molar-refractivity contribution in [3.63, 3.8) is 0 Å². The number of hydrogen-bond donors (Lipinski definition) is 0. The largest absolute Gasteiger partial charge is 0.379 e. The van der Waals surface area contributed by atoms with Crippen LogP contribution in [0, 0.1) is 0 Å². The van der Waals surface area contributed by atoms with E-state index in [0.717, 1.165) is 65.5 Å². The molecule has 2 fully saturated rings. The Kier molecular flexibility index (Phi) is 6.57. The van der Waals surface area contributed by atoms with Crippen LogP contribution >= 0.6 is 23.2 Å². The van der Waals surface area contributed by atoms with Gasteiger partial charge in [-0.25, -0.2) is 0 Å². The van der Waals surface area contributed by atoms with Crippen LogP contribution < -0.4 is 0 Å². The zero-order valence-electron chi connectivity index (χ0n) is 13.3. The fourth-order valence-electron chi connectivity index (χ4n) is 3.19. The summed E-state index contributed by atoms with van der Waals surface area (Å²) in [5.74, 6) is 0. The van der Waals surface area contributed by atoms with Crippen LogP contribution in [0.5, 0.6) is 0 Å². The van der Waals surface area contributed by atoms with E-state index in [0.29, 0.717) is 10.0 Å². The summed E-state index contributed by atoms with van der Waals surface area (Å²) in [6, 6.07) is 5.89. The minimum atomic E-state index is 0.262. The second kappa shape index (κ2) is 8.65. The first-order valence-corrected chi connectivity index (χ1v) is 9.04. The molecule has 0 amide bonds. The highest BCUT2D eigenvalue weighted by Crippen LogP contribution is 2.23. The Morgan fingerprint density at radius 3 is 2.61 bits per heavy atom. The molecule has 1 atom stereocenters. The first-order valence-electron chi connectivity index (χ1n) is 8.29. The highest BCUT2D eigenvalue weighted by atomic mass is 35.5. The van der Waals surface area contributed by atoms with Crippen molar-refractivity contribution < 1.29 is 9.47 Å². The molecule has 128 valence electrons. The molecular weight excluding hydrogens is 335 g/mol. The van der Waals surface area contributed by atoms with Crippen molar-refractivity contribution in [2.75, 3.05) is 52.5 Å². The van der Waals surface area contributed by atoms with Crippen LogP contribution in [0.25, 0.3) is 0 Å². The fraction of sp³-hybridized carbons (Fsp3) is 0.647. The molecule has 1 aromatic carbocycles. The van der Waals surface area contributed by atoms with Crippen LogP contribution in [0.2, 0.25) is 10.0 Å². The minimum absolute atomic E-state index is 0.262. The van der Waals surface area contributed by atoms with Crippen LogP contribution in [0.4, 0.5) is 0 Å². The average Bonchev–Trinajstić information content (AvgIpc) is 2.77. The van der Waals surface area contributed by atoms with Crippen molar-refractivity contribution in [1.29, 1.82) is 0 Å². The quantitative estimate of drug-likeness (QED) is 0.825. The van der Waals surface area contributed by atoms with Crippen LogP contribution in [0.1, 0.15) is 12.0 Å². The molecule has 0 unspecified atom stereocenters. The second-order valence-electron chi connectivity index (χ2n) is 6.24. The molecule has 0 aromatic heterocycles.